The summed E-state index contributed by atoms with van der Waals surface area (Å²) in [6, 6.07) is 13.1. The number of ether oxygens (including phenoxy) is 1. The van der Waals surface area contributed by atoms with Crippen LogP contribution in [0.1, 0.15) is 76.1 Å². The van der Waals surface area contributed by atoms with Crippen molar-refractivity contribution in [3.63, 3.8) is 0 Å². The van der Waals surface area contributed by atoms with Crippen LogP contribution < -0.4 is 20.7 Å². The average molecular weight is 750 g/mol. The van der Waals surface area contributed by atoms with Gasteiger partial charge in [-0.15, -0.1) is 0 Å². The largest absolute Gasteiger partial charge is 0.444 e. The molecule has 0 spiro atoms. The topological polar surface area (TPSA) is 186 Å². The molecule has 3 aromatic carbocycles. The molecule has 0 aliphatic heterocycles. The molecule has 282 valence electrons. The lowest BCUT2D eigenvalue weighted by Crippen LogP contribution is -2.49. The third-order valence-corrected chi connectivity index (χ3v) is 11.6. The fraction of sp³-hybridized carbons (Fsp3) is 0.447. The minimum absolute atomic E-state index is 0.0197. The maximum absolute atomic E-state index is 14.2. The lowest BCUT2D eigenvalue weighted by Gasteiger charge is -2.57. The van der Waals surface area contributed by atoms with Crippen LogP contribution in [0.25, 0.3) is 11.1 Å². The fourth-order valence-electron chi connectivity index (χ4n) is 8.49. The molecule has 3 amide bonds. The van der Waals surface area contributed by atoms with Crippen molar-refractivity contribution in [1.82, 2.24) is 10.0 Å². The zero-order valence-electron chi connectivity index (χ0n) is 29.9. The lowest BCUT2D eigenvalue weighted by atomic mass is 9.49. The highest BCUT2D eigenvalue weighted by atomic mass is 32.2. The summed E-state index contributed by atoms with van der Waals surface area (Å²) in [5, 5.41) is 20.4. The fourth-order valence-corrected chi connectivity index (χ4v) is 9.48. The summed E-state index contributed by atoms with van der Waals surface area (Å²) in [6.07, 6.45) is 6.35. The highest BCUT2D eigenvalue weighted by molar-refractivity contribution is 7.90. The summed E-state index contributed by atoms with van der Waals surface area (Å²) in [6.45, 7) is 5.70. The van der Waals surface area contributed by atoms with Gasteiger partial charge in [-0.05, 0) is 130 Å². The van der Waals surface area contributed by atoms with Crippen molar-refractivity contribution in [2.24, 2.45) is 23.2 Å². The van der Waals surface area contributed by atoms with E-state index in [1.165, 1.54) is 67.8 Å². The number of hydrogen-bond acceptors (Lipinski definition) is 9. The number of amides is 3. The SMILES string of the molecule is CC(C)(C)OC(=O)NCCC(=O)Nc1cc(F)ccc1-c1ccc(C(=O)NS(=O)(=O)c2ccc(NCC34CC5CC(CC(C5)C3)C4)c([N+](=O)[O-])c2)cc1. The molecule has 0 aromatic heterocycles. The second kappa shape index (κ2) is 14.8. The molecule has 3 aromatic rings. The summed E-state index contributed by atoms with van der Waals surface area (Å²) in [4.78, 5) is 48.5. The van der Waals surface area contributed by atoms with E-state index >= 15 is 0 Å². The first-order valence-corrected chi connectivity index (χ1v) is 19.2. The highest BCUT2D eigenvalue weighted by Crippen LogP contribution is 2.60. The van der Waals surface area contributed by atoms with Gasteiger partial charge in [0.05, 0.1) is 15.5 Å². The number of benzene rings is 3. The highest BCUT2D eigenvalue weighted by Gasteiger charge is 2.50. The van der Waals surface area contributed by atoms with Gasteiger partial charge in [-0.25, -0.2) is 22.3 Å². The van der Waals surface area contributed by atoms with Crippen LogP contribution in [0.15, 0.2) is 65.6 Å². The number of alkyl carbamates (subject to hydrolysis) is 1. The Morgan fingerprint density at radius 3 is 2.17 bits per heavy atom. The molecule has 4 bridgehead atoms. The second-order valence-electron chi connectivity index (χ2n) is 15.6. The molecule has 0 heterocycles. The molecule has 0 radical (unpaired) electrons. The number of nitro benzene ring substituents is 1. The zero-order valence-corrected chi connectivity index (χ0v) is 30.7. The van der Waals surface area contributed by atoms with Gasteiger partial charge < -0.3 is 20.7 Å². The van der Waals surface area contributed by atoms with Crippen molar-refractivity contribution >= 4 is 45.0 Å². The normalized spacial score (nSPS) is 21.8. The van der Waals surface area contributed by atoms with Crippen LogP contribution in [0.2, 0.25) is 0 Å². The number of rotatable bonds is 12. The van der Waals surface area contributed by atoms with Gasteiger partial charge in [0, 0.05) is 36.7 Å². The molecule has 0 atom stereocenters. The van der Waals surface area contributed by atoms with E-state index in [4.69, 9.17) is 4.74 Å². The van der Waals surface area contributed by atoms with Crippen LogP contribution in [0.5, 0.6) is 0 Å². The number of hydrogen-bond donors (Lipinski definition) is 4. The quantitative estimate of drug-likeness (QED) is 0.112. The van der Waals surface area contributed by atoms with Crippen LogP contribution in [0.3, 0.4) is 0 Å². The number of anilines is 2. The number of carbonyl (C=O) groups is 3. The second-order valence-corrected chi connectivity index (χ2v) is 17.3. The minimum atomic E-state index is -4.50. The van der Waals surface area contributed by atoms with Gasteiger partial charge in [0.1, 0.15) is 17.1 Å². The molecule has 15 heteroatoms. The third-order valence-electron chi connectivity index (χ3n) is 10.3. The van der Waals surface area contributed by atoms with Crippen molar-refractivity contribution in [2.75, 3.05) is 23.7 Å². The van der Waals surface area contributed by atoms with Crippen molar-refractivity contribution in [1.29, 1.82) is 0 Å². The van der Waals surface area contributed by atoms with Gasteiger partial charge in [0.25, 0.3) is 21.6 Å². The number of nitrogens with one attached hydrogen (secondary N) is 4. The van der Waals surface area contributed by atoms with Crippen molar-refractivity contribution < 1.29 is 36.9 Å². The van der Waals surface area contributed by atoms with E-state index in [1.54, 1.807) is 20.8 Å². The number of carbonyl (C=O) groups excluding carboxylic acids is 3. The maximum Gasteiger partial charge on any atom is 0.407 e. The van der Waals surface area contributed by atoms with Crippen LogP contribution in [-0.4, -0.2) is 49.9 Å². The Bertz CT molecular complexity index is 2000. The number of sulfonamides is 1. The molecule has 4 aliphatic carbocycles. The van der Waals surface area contributed by atoms with E-state index in [2.05, 4.69) is 16.0 Å². The summed E-state index contributed by atoms with van der Waals surface area (Å²) in [5.41, 5.74) is 0.267. The predicted octanol–water partition coefficient (Wildman–Crippen LogP) is 7.00. The Morgan fingerprint density at radius 1 is 0.925 bits per heavy atom. The Balaban J connectivity index is 1.09. The molecular formula is C38H44FN5O8S. The van der Waals surface area contributed by atoms with E-state index in [1.807, 2.05) is 4.72 Å². The molecule has 4 fully saturated rings. The smallest absolute Gasteiger partial charge is 0.407 e. The van der Waals surface area contributed by atoms with Gasteiger partial charge in [0.15, 0.2) is 0 Å². The van der Waals surface area contributed by atoms with Gasteiger partial charge in [-0.1, -0.05) is 12.1 Å². The minimum Gasteiger partial charge on any atom is -0.444 e. The third kappa shape index (κ3) is 9.13. The van der Waals surface area contributed by atoms with Crippen molar-refractivity contribution in [3.8, 4) is 11.1 Å². The molecule has 4 N–H and O–H groups in total. The van der Waals surface area contributed by atoms with E-state index in [9.17, 15) is 37.3 Å². The van der Waals surface area contributed by atoms with Crippen molar-refractivity contribution in [2.45, 2.75) is 76.2 Å². The molecule has 7 rings (SSSR count). The average Bonchev–Trinajstić information content (AvgIpc) is 3.06. The van der Waals surface area contributed by atoms with Crippen LogP contribution in [0.4, 0.5) is 26.2 Å². The molecule has 4 saturated carbocycles. The monoisotopic (exact) mass is 749 g/mol. The summed E-state index contributed by atoms with van der Waals surface area (Å²) < 4.78 is 47.8. The Morgan fingerprint density at radius 2 is 1.57 bits per heavy atom. The molecule has 0 saturated heterocycles. The van der Waals surface area contributed by atoms with E-state index in [-0.39, 0.29) is 35.3 Å². The molecule has 4 aliphatic rings. The molecular weight excluding hydrogens is 706 g/mol. The molecule has 53 heavy (non-hydrogen) atoms. The predicted molar refractivity (Wildman–Crippen MR) is 196 cm³/mol. The molecule has 0 unspecified atom stereocenters. The Hall–Kier alpha value is -5.05. The van der Waals surface area contributed by atoms with Crippen LogP contribution in [-0.2, 0) is 19.6 Å². The zero-order chi connectivity index (χ0) is 38.1. The first kappa shape index (κ1) is 37.7. The number of nitrogens with zero attached hydrogens (tertiary/aromatic N) is 1. The van der Waals surface area contributed by atoms with Gasteiger partial charge in [0.2, 0.25) is 5.91 Å². The van der Waals surface area contributed by atoms with E-state index < -0.39 is 54.9 Å². The summed E-state index contributed by atoms with van der Waals surface area (Å²) >= 11 is 0. The molecule has 13 nitrogen and oxygen atoms in total. The number of halogens is 1. The van der Waals surface area contributed by atoms with E-state index in [0.29, 0.717) is 35.4 Å². The van der Waals surface area contributed by atoms with Crippen LogP contribution in [0, 0.1) is 39.1 Å². The number of nitro groups is 1. The van der Waals surface area contributed by atoms with Gasteiger partial charge >= 0.3 is 6.09 Å². The van der Waals surface area contributed by atoms with Gasteiger partial charge in [-0.2, -0.15) is 0 Å². The Labute approximate surface area is 307 Å². The first-order chi connectivity index (χ1) is 25.0. The van der Waals surface area contributed by atoms with Gasteiger partial charge in [-0.3, -0.25) is 19.7 Å². The van der Waals surface area contributed by atoms with Crippen molar-refractivity contribution in [3.05, 3.63) is 82.2 Å². The lowest BCUT2D eigenvalue weighted by molar-refractivity contribution is -0.384. The van der Waals surface area contributed by atoms with E-state index in [0.717, 1.165) is 31.4 Å². The first-order valence-electron chi connectivity index (χ1n) is 17.7. The summed E-state index contributed by atoms with van der Waals surface area (Å²) in [7, 11) is -4.50. The Kier molecular flexibility index (Phi) is 10.5. The summed E-state index contributed by atoms with van der Waals surface area (Å²) in [5.74, 6) is 0.0702. The standard InChI is InChI=1S/C38H44FN5O8S/c1-37(2,3)52-36(47)40-13-12-34(45)42-32-17-28(39)8-10-30(32)26-4-6-27(7-5-26)35(46)43-53(50,51)29-9-11-31(33(18-29)44(48)49)41-22-38-19-23-14-24(20-38)16-25(15-23)21-38/h4-11,17-18,23-25,41H,12-16,19-22H2,1-3H3,(H,40,47)(H,42,45)(H,43,46). The van der Waals surface area contributed by atoms with Crippen LogP contribution >= 0.6 is 0 Å². The maximum atomic E-state index is 14.2.